The fourth-order valence-corrected chi connectivity index (χ4v) is 4.46. The Kier molecular flexibility index (Phi) is 4.97. The maximum Gasteiger partial charge on any atom is 0.264 e. The summed E-state index contributed by atoms with van der Waals surface area (Å²) in [7, 11) is -3.70. The first-order chi connectivity index (χ1) is 11.6. The summed E-state index contributed by atoms with van der Waals surface area (Å²) in [5.41, 5.74) is 0.929. The Hall–Kier alpha value is -2.18. The molecular weight excluding hydrogens is 326 g/mol. The van der Waals surface area contributed by atoms with Crippen molar-refractivity contribution in [3.05, 3.63) is 66.2 Å². The number of hydrogen-bond acceptors (Lipinski definition) is 4. The predicted octanol–water partition coefficient (Wildman–Crippen LogP) is 2.58. The highest BCUT2D eigenvalue weighted by Crippen LogP contribution is 2.25. The summed E-state index contributed by atoms with van der Waals surface area (Å²) in [6.45, 7) is 0.650. The highest BCUT2D eigenvalue weighted by molar-refractivity contribution is 7.92. The van der Waals surface area contributed by atoms with Crippen molar-refractivity contribution in [1.29, 1.82) is 0 Å². The van der Waals surface area contributed by atoms with Gasteiger partial charge in [-0.1, -0.05) is 48.5 Å². The Bertz CT molecular complexity index is 790. The summed E-state index contributed by atoms with van der Waals surface area (Å²) >= 11 is 0. The van der Waals surface area contributed by atoms with Gasteiger partial charge in [-0.2, -0.15) is 0 Å². The lowest BCUT2D eigenvalue weighted by atomic mass is 10.1. The minimum Gasteiger partial charge on any atom is -0.271 e. The van der Waals surface area contributed by atoms with Crippen molar-refractivity contribution in [2.24, 2.45) is 0 Å². The highest BCUT2D eigenvalue weighted by Gasteiger charge is 2.39. The molecular formula is C18H19NO4S. The van der Waals surface area contributed by atoms with Crippen LogP contribution < -0.4 is 0 Å². The predicted molar refractivity (Wildman–Crippen MR) is 89.6 cm³/mol. The van der Waals surface area contributed by atoms with Gasteiger partial charge in [-0.3, -0.25) is 9.63 Å². The molecule has 1 amide bonds. The van der Waals surface area contributed by atoms with E-state index in [2.05, 4.69) is 0 Å². The number of hydroxylamine groups is 2. The van der Waals surface area contributed by atoms with Crippen molar-refractivity contribution in [2.45, 2.75) is 29.6 Å². The van der Waals surface area contributed by atoms with Gasteiger partial charge in [0, 0.05) is 6.54 Å². The number of rotatable bonds is 5. The molecule has 126 valence electrons. The molecule has 1 aliphatic rings. The zero-order chi connectivity index (χ0) is 17.0. The molecule has 6 heteroatoms. The van der Waals surface area contributed by atoms with Crippen LogP contribution in [-0.4, -0.2) is 31.2 Å². The Balaban J connectivity index is 1.73. The van der Waals surface area contributed by atoms with E-state index in [9.17, 15) is 13.2 Å². The first-order valence-electron chi connectivity index (χ1n) is 7.86. The minimum atomic E-state index is -3.70. The van der Waals surface area contributed by atoms with Crippen molar-refractivity contribution in [3.8, 4) is 0 Å². The molecule has 24 heavy (non-hydrogen) atoms. The van der Waals surface area contributed by atoms with Crippen LogP contribution in [0.25, 0.3) is 0 Å². The average Bonchev–Trinajstić information content (AvgIpc) is 2.62. The Morgan fingerprint density at radius 3 is 2.29 bits per heavy atom. The van der Waals surface area contributed by atoms with Crippen molar-refractivity contribution < 1.29 is 18.0 Å². The van der Waals surface area contributed by atoms with E-state index in [0.29, 0.717) is 19.4 Å². The van der Waals surface area contributed by atoms with Crippen molar-refractivity contribution in [3.63, 3.8) is 0 Å². The van der Waals surface area contributed by atoms with Gasteiger partial charge in [0.25, 0.3) is 5.91 Å². The molecule has 0 aliphatic carbocycles. The molecule has 0 radical (unpaired) electrons. The second kappa shape index (κ2) is 7.15. The topological polar surface area (TPSA) is 63.7 Å². The number of sulfone groups is 1. The van der Waals surface area contributed by atoms with E-state index in [-0.39, 0.29) is 11.5 Å². The zero-order valence-corrected chi connectivity index (χ0v) is 14.0. The summed E-state index contributed by atoms with van der Waals surface area (Å²) in [5.74, 6) is -0.485. The van der Waals surface area contributed by atoms with Crippen LogP contribution in [-0.2, 0) is 26.1 Å². The molecule has 0 saturated carbocycles. The molecule has 2 aromatic carbocycles. The van der Waals surface area contributed by atoms with Crippen molar-refractivity contribution in [1.82, 2.24) is 5.06 Å². The first kappa shape index (κ1) is 16.7. The van der Waals surface area contributed by atoms with Crippen LogP contribution in [0, 0.1) is 0 Å². The largest absolute Gasteiger partial charge is 0.271 e. The molecule has 1 saturated heterocycles. The zero-order valence-electron chi connectivity index (χ0n) is 13.2. The first-order valence-corrected chi connectivity index (χ1v) is 9.41. The quantitative estimate of drug-likeness (QED) is 0.835. The van der Waals surface area contributed by atoms with Gasteiger partial charge in [-0.05, 0) is 30.5 Å². The van der Waals surface area contributed by atoms with Gasteiger partial charge >= 0.3 is 0 Å². The van der Waals surface area contributed by atoms with Crippen molar-refractivity contribution >= 4 is 15.7 Å². The summed E-state index contributed by atoms with van der Waals surface area (Å²) in [5, 5.41) is 0.117. The molecule has 1 atom stereocenters. The van der Waals surface area contributed by atoms with Crippen LogP contribution >= 0.6 is 0 Å². The number of piperidine rings is 1. The normalized spacial score (nSPS) is 18.6. The number of amides is 1. The lowest BCUT2D eigenvalue weighted by Crippen LogP contribution is -2.47. The lowest BCUT2D eigenvalue weighted by molar-refractivity contribution is -0.195. The standard InChI is InChI=1S/C18H19NO4S/c20-18-17(24(21,22)16-10-5-2-6-11-16)12-7-13-19(18)23-14-15-8-3-1-4-9-15/h1-6,8-11,17H,7,12-14H2. The average molecular weight is 345 g/mol. The molecule has 1 heterocycles. The van der Waals surface area contributed by atoms with Crippen LogP contribution in [0.5, 0.6) is 0 Å². The van der Waals surface area contributed by atoms with Gasteiger partial charge < -0.3 is 0 Å². The summed E-state index contributed by atoms with van der Waals surface area (Å²) in [6, 6.07) is 17.6. The molecule has 1 fully saturated rings. The molecule has 1 unspecified atom stereocenters. The van der Waals surface area contributed by atoms with Gasteiger partial charge in [-0.25, -0.2) is 13.5 Å². The van der Waals surface area contributed by atoms with Crippen LogP contribution in [0.4, 0.5) is 0 Å². The molecule has 0 N–H and O–H groups in total. The Labute approximate surface area is 141 Å². The number of nitrogens with zero attached hydrogens (tertiary/aromatic N) is 1. The van der Waals surface area contributed by atoms with Crippen LogP contribution in [0.3, 0.4) is 0 Å². The molecule has 2 aromatic rings. The van der Waals surface area contributed by atoms with Gasteiger partial charge in [0.1, 0.15) is 11.9 Å². The number of carbonyl (C=O) groups is 1. The lowest BCUT2D eigenvalue weighted by Gasteiger charge is -2.31. The molecule has 1 aliphatic heterocycles. The third-order valence-corrected chi connectivity index (χ3v) is 6.14. The van der Waals surface area contributed by atoms with Gasteiger partial charge in [0.15, 0.2) is 9.84 Å². The van der Waals surface area contributed by atoms with Gasteiger partial charge in [-0.15, -0.1) is 0 Å². The fourth-order valence-electron chi connectivity index (χ4n) is 2.73. The molecule has 5 nitrogen and oxygen atoms in total. The van der Waals surface area contributed by atoms with Crippen LogP contribution in [0.2, 0.25) is 0 Å². The van der Waals surface area contributed by atoms with Gasteiger partial charge in [0.05, 0.1) is 4.90 Å². The SMILES string of the molecule is O=C1C(S(=O)(=O)c2ccccc2)CCCN1OCc1ccccc1. The number of benzene rings is 2. The summed E-state index contributed by atoms with van der Waals surface area (Å²) in [6.07, 6.45) is 0.915. The third-order valence-electron chi connectivity index (χ3n) is 4.02. The fraction of sp³-hybridized carbons (Fsp3) is 0.278. The van der Waals surface area contributed by atoms with E-state index in [0.717, 1.165) is 5.56 Å². The Morgan fingerprint density at radius 2 is 1.62 bits per heavy atom. The van der Waals surface area contributed by atoms with E-state index in [1.807, 2.05) is 30.3 Å². The van der Waals surface area contributed by atoms with Gasteiger partial charge in [0.2, 0.25) is 0 Å². The number of carbonyl (C=O) groups excluding carboxylic acids is 1. The second-order valence-electron chi connectivity index (χ2n) is 5.69. The van der Waals surface area contributed by atoms with E-state index in [4.69, 9.17) is 4.84 Å². The maximum atomic E-state index is 12.7. The molecule has 0 bridgehead atoms. The number of hydrogen-bond donors (Lipinski definition) is 0. The second-order valence-corrected chi connectivity index (χ2v) is 7.82. The summed E-state index contributed by atoms with van der Waals surface area (Å²) < 4.78 is 25.4. The smallest absolute Gasteiger partial charge is 0.264 e. The molecule has 3 rings (SSSR count). The van der Waals surface area contributed by atoms with Crippen molar-refractivity contribution in [2.75, 3.05) is 6.54 Å². The van der Waals surface area contributed by atoms with E-state index < -0.39 is 21.0 Å². The summed E-state index contributed by atoms with van der Waals surface area (Å²) in [4.78, 5) is 18.3. The Morgan fingerprint density at radius 1 is 1.00 bits per heavy atom. The maximum absolute atomic E-state index is 12.7. The molecule has 0 spiro atoms. The molecule has 0 aromatic heterocycles. The van der Waals surface area contributed by atoms with Crippen LogP contribution in [0.1, 0.15) is 18.4 Å². The highest BCUT2D eigenvalue weighted by atomic mass is 32.2. The minimum absolute atomic E-state index is 0.174. The van der Waals surface area contributed by atoms with E-state index in [1.54, 1.807) is 18.2 Å². The monoisotopic (exact) mass is 345 g/mol. The van der Waals surface area contributed by atoms with Crippen LogP contribution in [0.15, 0.2) is 65.6 Å². The third kappa shape index (κ3) is 3.49. The van der Waals surface area contributed by atoms with E-state index in [1.165, 1.54) is 17.2 Å². The van der Waals surface area contributed by atoms with E-state index >= 15 is 0 Å².